The number of amides is 1. The van der Waals surface area contributed by atoms with Crippen molar-refractivity contribution < 1.29 is 19.4 Å². The predicted octanol–water partition coefficient (Wildman–Crippen LogP) is 3.51. The third-order valence-electron chi connectivity index (χ3n) is 4.35. The fourth-order valence-electron chi connectivity index (χ4n) is 2.96. The number of nitrogens with one attached hydrogen (secondary N) is 1. The minimum Gasteiger partial charge on any atom is -0.494 e. The molecule has 2 atom stereocenters. The number of carbonyl (C=O) groups is 2. The van der Waals surface area contributed by atoms with Gasteiger partial charge in [-0.25, -0.2) is 0 Å². The first-order valence-corrected chi connectivity index (χ1v) is 8.83. The minimum atomic E-state index is -0.785. The van der Waals surface area contributed by atoms with E-state index in [1.54, 1.807) is 12.1 Å². The van der Waals surface area contributed by atoms with Crippen molar-refractivity contribution in [2.24, 2.45) is 11.8 Å². The average molecular weight is 354 g/mol. The van der Waals surface area contributed by atoms with Crippen molar-refractivity contribution in [3.63, 3.8) is 0 Å². The molecule has 6 heteroatoms. The minimum absolute atomic E-state index is 0.0143. The van der Waals surface area contributed by atoms with Crippen LogP contribution in [-0.2, 0) is 9.59 Å². The first-order chi connectivity index (χ1) is 11.6. The van der Waals surface area contributed by atoms with Crippen molar-refractivity contribution in [1.29, 1.82) is 0 Å². The van der Waals surface area contributed by atoms with E-state index in [1.807, 2.05) is 12.1 Å². The Morgan fingerprint density at radius 1 is 1.17 bits per heavy atom. The van der Waals surface area contributed by atoms with Crippen LogP contribution < -0.4 is 10.1 Å². The van der Waals surface area contributed by atoms with Gasteiger partial charge in [-0.05, 0) is 56.4 Å². The van der Waals surface area contributed by atoms with Crippen LogP contribution in [0.5, 0.6) is 5.75 Å². The van der Waals surface area contributed by atoms with Gasteiger partial charge in [-0.3, -0.25) is 9.59 Å². The first-order valence-electron chi connectivity index (χ1n) is 8.45. The summed E-state index contributed by atoms with van der Waals surface area (Å²) in [6.45, 7) is 1.18. The number of hydrogen-bond donors (Lipinski definition) is 2. The Balaban J connectivity index is 1.57. The Hall–Kier alpha value is -1.75. The van der Waals surface area contributed by atoms with Gasteiger partial charge in [-0.15, -0.1) is 0 Å². The lowest BCUT2D eigenvalue weighted by Gasteiger charge is -2.25. The summed E-state index contributed by atoms with van der Waals surface area (Å²) in [6.07, 6.45) is 4.40. The van der Waals surface area contributed by atoms with Crippen LogP contribution in [-0.4, -0.2) is 30.1 Å². The van der Waals surface area contributed by atoms with Crippen LogP contribution in [0, 0.1) is 11.8 Å². The van der Waals surface area contributed by atoms with Crippen molar-refractivity contribution in [1.82, 2.24) is 5.32 Å². The van der Waals surface area contributed by atoms with Crippen LogP contribution >= 0.6 is 11.6 Å². The lowest BCUT2D eigenvalue weighted by Crippen LogP contribution is -2.35. The van der Waals surface area contributed by atoms with Crippen molar-refractivity contribution in [3.8, 4) is 5.75 Å². The van der Waals surface area contributed by atoms with Crippen molar-refractivity contribution >= 4 is 23.5 Å². The van der Waals surface area contributed by atoms with Crippen LogP contribution in [0.15, 0.2) is 24.3 Å². The zero-order valence-electron chi connectivity index (χ0n) is 13.7. The van der Waals surface area contributed by atoms with E-state index in [-0.39, 0.29) is 17.7 Å². The van der Waals surface area contributed by atoms with Crippen molar-refractivity contribution in [2.75, 3.05) is 13.2 Å². The molecule has 0 radical (unpaired) electrons. The second-order valence-corrected chi connectivity index (χ2v) is 6.64. The maximum atomic E-state index is 12.1. The highest BCUT2D eigenvalue weighted by atomic mass is 35.5. The summed E-state index contributed by atoms with van der Waals surface area (Å²) < 4.78 is 5.59. The summed E-state index contributed by atoms with van der Waals surface area (Å²) in [5.41, 5.74) is 0. The zero-order chi connectivity index (χ0) is 17.4. The van der Waals surface area contributed by atoms with Gasteiger partial charge in [0.1, 0.15) is 5.75 Å². The van der Waals surface area contributed by atoms with E-state index in [9.17, 15) is 9.59 Å². The number of carbonyl (C=O) groups excluding carboxylic acids is 1. The third-order valence-corrected chi connectivity index (χ3v) is 4.60. The second kappa shape index (κ2) is 9.52. The molecule has 0 heterocycles. The fourth-order valence-corrected chi connectivity index (χ4v) is 3.08. The highest BCUT2D eigenvalue weighted by Crippen LogP contribution is 2.29. The smallest absolute Gasteiger partial charge is 0.306 e. The monoisotopic (exact) mass is 353 g/mol. The number of halogens is 1. The van der Waals surface area contributed by atoms with Gasteiger partial charge in [-0.2, -0.15) is 0 Å². The van der Waals surface area contributed by atoms with Crippen LogP contribution in [0.25, 0.3) is 0 Å². The van der Waals surface area contributed by atoms with E-state index < -0.39 is 5.97 Å². The maximum Gasteiger partial charge on any atom is 0.306 e. The number of carboxylic acids is 1. The summed E-state index contributed by atoms with van der Waals surface area (Å²) in [4.78, 5) is 23.1. The topological polar surface area (TPSA) is 75.6 Å². The quantitative estimate of drug-likeness (QED) is 0.701. The van der Waals surface area contributed by atoms with Gasteiger partial charge in [0.05, 0.1) is 12.5 Å². The zero-order valence-corrected chi connectivity index (χ0v) is 14.4. The largest absolute Gasteiger partial charge is 0.494 e. The number of aliphatic carboxylic acids is 1. The molecule has 24 heavy (non-hydrogen) atoms. The molecule has 0 spiro atoms. The molecule has 132 valence electrons. The van der Waals surface area contributed by atoms with E-state index >= 15 is 0 Å². The summed E-state index contributed by atoms with van der Waals surface area (Å²) in [5, 5.41) is 12.7. The van der Waals surface area contributed by atoms with Gasteiger partial charge < -0.3 is 15.2 Å². The molecule has 1 amide bonds. The molecule has 2 unspecified atom stereocenters. The normalized spacial score (nSPS) is 20.4. The Bertz CT molecular complexity index is 546. The molecule has 0 bridgehead atoms. The van der Waals surface area contributed by atoms with Gasteiger partial charge in [-0.1, -0.05) is 18.0 Å². The molecule has 2 N–H and O–H groups in total. The summed E-state index contributed by atoms with van der Waals surface area (Å²) >= 11 is 5.81. The second-order valence-electron chi connectivity index (χ2n) is 6.20. The fraction of sp³-hybridized carbons (Fsp3) is 0.556. The van der Waals surface area contributed by atoms with Gasteiger partial charge >= 0.3 is 5.97 Å². The number of carboxylic acid groups (broad SMARTS) is 1. The Morgan fingerprint density at radius 2 is 1.88 bits per heavy atom. The molecule has 1 aromatic rings. The predicted molar refractivity (Wildman–Crippen MR) is 92.3 cm³/mol. The molecule has 5 nitrogen and oxygen atoms in total. The molecule has 0 saturated heterocycles. The van der Waals surface area contributed by atoms with Gasteiger partial charge in [0.2, 0.25) is 5.91 Å². The summed E-state index contributed by atoms with van der Waals surface area (Å²) in [6, 6.07) is 7.22. The van der Waals surface area contributed by atoms with Crippen LogP contribution in [0.1, 0.15) is 38.5 Å². The molecular formula is C18H24ClNO4. The molecule has 1 aliphatic rings. The molecular weight excluding hydrogens is 330 g/mol. The van der Waals surface area contributed by atoms with E-state index in [2.05, 4.69) is 5.32 Å². The molecule has 0 aliphatic heterocycles. The van der Waals surface area contributed by atoms with Gasteiger partial charge in [0.15, 0.2) is 0 Å². The molecule has 0 aromatic heterocycles. The average Bonchev–Trinajstić information content (AvgIpc) is 2.59. The Labute approximate surface area is 147 Å². The molecule has 1 aromatic carbocycles. The highest BCUT2D eigenvalue weighted by molar-refractivity contribution is 6.30. The molecule has 1 fully saturated rings. The van der Waals surface area contributed by atoms with E-state index in [0.29, 0.717) is 31.0 Å². The number of ether oxygens (including phenoxy) is 1. The maximum absolute atomic E-state index is 12.1. The van der Waals surface area contributed by atoms with Crippen LogP contribution in [0.4, 0.5) is 0 Å². The number of hydrogen-bond acceptors (Lipinski definition) is 3. The van der Waals surface area contributed by atoms with E-state index in [1.165, 1.54) is 0 Å². The summed E-state index contributed by atoms with van der Waals surface area (Å²) in [5.74, 6) is -0.552. The molecule has 2 rings (SSSR count). The van der Waals surface area contributed by atoms with E-state index in [4.69, 9.17) is 21.4 Å². The first kappa shape index (κ1) is 18.6. The third kappa shape index (κ3) is 6.04. The van der Waals surface area contributed by atoms with Crippen LogP contribution in [0.3, 0.4) is 0 Å². The van der Waals surface area contributed by atoms with Crippen molar-refractivity contribution in [3.05, 3.63) is 29.3 Å². The van der Waals surface area contributed by atoms with Crippen molar-refractivity contribution in [2.45, 2.75) is 38.5 Å². The SMILES string of the molecule is O=C(O)C1CCCC(C(=O)NCCCCOc2ccc(Cl)cc2)C1. The van der Waals surface area contributed by atoms with Gasteiger partial charge in [0.25, 0.3) is 0 Å². The lowest BCUT2D eigenvalue weighted by molar-refractivity contribution is -0.144. The number of rotatable bonds is 8. The van der Waals surface area contributed by atoms with E-state index in [0.717, 1.165) is 31.4 Å². The van der Waals surface area contributed by atoms with Gasteiger partial charge in [0, 0.05) is 17.5 Å². The molecule has 1 saturated carbocycles. The molecule has 1 aliphatic carbocycles. The number of benzene rings is 1. The number of unbranched alkanes of at least 4 members (excludes halogenated alkanes) is 1. The summed E-state index contributed by atoms with van der Waals surface area (Å²) in [7, 11) is 0. The van der Waals surface area contributed by atoms with Crippen LogP contribution in [0.2, 0.25) is 5.02 Å². The Morgan fingerprint density at radius 3 is 2.58 bits per heavy atom. The standard InChI is InChI=1S/C18H24ClNO4/c19-15-6-8-16(9-7-15)24-11-2-1-10-20-17(21)13-4-3-5-14(12-13)18(22)23/h6-9,13-14H,1-5,10-12H2,(H,20,21)(H,22,23). The lowest BCUT2D eigenvalue weighted by atomic mass is 9.81. The Kier molecular flexibility index (Phi) is 7.37. The highest BCUT2D eigenvalue weighted by Gasteiger charge is 2.30.